The van der Waals surface area contributed by atoms with Gasteiger partial charge in [-0.1, -0.05) is 40.2 Å². The van der Waals surface area contributed by atoms with Gasteiger partial charge in [-0.05, 0) is 23.5 Å². The van der Waals surface area contributed by atoms with Crippen LogP contribution < -0.4 is 10.5 Å². The van der Waals surface area contributed by atoms with E-state index in [0.29, 0.717) is 12.1 Å². The smallest absolute Gasteiger partial charge is 0.244 e. The van der Waals surface area contributed by atoms with Gasteiger partial charge in [-0.15, -0.1) is 12.4 Å². The third-order valence-electron chi connectivity index (χ3n) is 3.35. The quantitative estimate of drug-likeness (QED) is 0.687. The summed E-state index contributed by atoms with van der Waals surface area (Å²) in [6.45, 7) is 8.39. The van der Waals surface area contributed by atoms with Crippen LogP contribution in [-0.4, -0.2) is 20.1 Å². The molecule has 1 aromatic rings. The van der Waals surface area contributed by atoms with Crippen molar-refractivity contribution in [3.63, 3.8) is 0 Å². The van der Waals surface area contributed by atoms with Crippen LogP contribution in [0.15, 0.2) is 17.0 Å². The number of nitrogens with two attached hydrogens (primary N) is 1. The van der Waals surface area contributed by atoms with E-state index in [2.05, 4.69) is 4.72 Å². The number of nitrogens with one attached hydrogen (secondary N) is 1. The summed E-state index contributed by atoms with van der Waals surface area (Å²) in [6, 6.07) is 3.29. The number of halogens is 1. The minimum Gasteiger partial charge on any atom is -0.506 e. The lowest BCUT2D eigenvalue weighted by Gasteiger charge is -2.22. The number of hydrogen-bond donors (Lipinski definition) is 3. The third kappa shape index (κ3) is 5.12. The summed E-state index contributed by atoms with van der Waals surface area (Å²) < 4.78 is 27.2. The molecule has 0 saturated carbocycles. The van der Waals surface area contributed by atoms with Crippen LogP contribution in [-0.2, 0) is 22.0 Å². The van der Waals surface area contributed by atoms with Crippen LogP contribution in [0.3, 0.4) is 0 Å². The molecular weight excluding hydrogens is 324 g/mol. The van der Waals surface area contributed by atoms with Gasteiger partial charge in [0, 0.05) is 18.7 Å². The lowest BCUT2D eigenvalue weighted by atomic mass is 9.86. The Kier molecular flexibility index (Phi) is 7.85. The maximum absolute atomic E-state index is 12.4. The molecule has 1 rings (SSSR count). The molecule has 128 valence electrons. The third-order valence-corrected chi connectivity index (χ3v) is 4.83. The van der Waals surface area contributed by atoms with Gasteiger partial charge in [0.15, 0.2) is 0 Å². The Morgan fingerprint density at radius 3 is 2.32 bits per heavy atom. The van der Waals surface area contributed by atoms with Crippen molar-refractivity contribution in [1.82, 2.24) is 4.72 Å². The molecule has 1 aromatic carbocycles. The Hall–Kier alpha value is -0.820. The highest BCUT2D eigenvalue weighted by Crippen LogP contribution is 2.33. The van der Waals surface area contributed by atoms with Gasteiger partial charge in [0.25, 0.3) is 0 Å². The first-order chi connectivity index (χ1) is 9.63. The summed E-state index contributed by atoms with van der Waals surface area (Å²) >= 11 is 0. The molecular formula is C15H27ClN2O3S. The fourth-order valence-electron chi connectivity index (χ4n) is 1.92. The van der Waals surface area contributed by atoms with Gasteiger partial charge >= 0.3 is 0 Å². The highest BCUT2D eigenvalue weighted by molar-refractivity contribution is 7.89. The van der Waals surface area contributed by atoms with Crippen molar-refractivity contribution >= 4 is 22.4 Å². The molecule has 0 aliphatic carbocycles. The first-order valence-electron chi connectivity index (χ1n) is 7.19. The molecule has 0 aliphatic rings. The van der Waals surface area contributed by atoms with Crippen molar-refractivity contribution < 1.29 is 13.5 Å². The molecule has 0 unspecified atom stereocenters. The first kappa shape index (κ1) is 21.2. The van der Waals surface area contributed by atoms with Crippen molar-refractivity contribution in [2.75, 3.05) is 6.54 Å². The standard InChI is InChI=1S/C15H26N2O3S.ClH/c1-5-6-7-17-21(19,20)13-9-12(15(2,3)4)8-11(10-16)14(13)18;/h8-9,17-18H,5-7,10,16H2,1-4H3;1H. The molecule has 22 heavy (non-hydrogen) atoms. The van der Waals surface area contributed by atoms with Crippen LogP contribution >= 0.6 is 12.4 Å². The number of unbranched alkanes of at least 4 members (excludes halogenated alkanes) is 1. The Labute approximate surface area is 139 Å². The molecule has 0 aromatic heterocycles. The number of sulfonamides is 1. The van der Waals surface area contributed by atoms with Crippen LogP contribution in [0, 0.1) is 0 Å². The lowest BCUT2D eigenvalue weighted by Crippen LogP contribution is -2.26. The van der Waals surface area contributed by atoms with Gasteiger partial charge < -0.3 is 10.8 Å². The first-order valence-corrected chi connectivity index (χ1v) is 8.68. The van der Waals surface area contributed by atoms with E-state index in [9.17, 15) is 13.5 Å². The lowest BCUT2D eigenvalue weighted by molar-refractivity contribution is 0.448. The molecule has 0 aliphatic heterocycles. The molecule has 0 fully saturated rings. The normalized spacial score (nSPS) is 12.0. The zero-order valence-corrected chi connectivity index (χ0v) is 15.3. The van der Waals surface area contributed by atoms with Gasteiger partial charge in [-0.25, -0.2) is 13.1 Å². The summed E-state index contributed by atoms with van der Waals surface area (Å²) in [7, 11) is -3.73. The highest BCUT2D eigenvalue weighted by Gasteiger charge is 2.24. The van der Waals surface area contributed by atoms with Crippen molar-refractivity contribution in [3.8, 4) is 5.75 Å². The van der Waals surface area contributed by atoms with Crippen molar-refractivity contribution in [2.45, 2.75) is 57.4 Å². The van der Waals surface area contributed by atoms with Crippen LogP contribution in [0.1, 0.15) is 51.7 Å². The van der Waals surface area contributed by atoms with E-state index in [1.165, 1.54) is 6.07 Å². The largest absolute Gasteiger partial charge is 0.506 e. The summed E-state index contributed by atoms with van der Waals surface area (Å²) in [4.78, 5) is -0.0912. The van der Waals surface area contributed by atoms with E-state index in [1.807, 2.05) is 27.7 Å². The average Bonchev–Trinajstić information content (AvgIpc) is 2.37. The maximum Gasteiger partial charge on any atom is 0.244 e. The van der Waals surface area contributed by atoms with Gasteiger partial charge in [0.2, 0.25) is 10.0 Å². The monoisotopic (exact) mass is 350 g/mol. The fourth-order valence-corrected chi connectivity index (χ4v) is 3.16. The van der Waals surface area contributed by atoms with E-state index < -0.39 is 10.0 Å². The topological polar surface area (TPSA) is 92.4 Å². The summed E-state index contributed by atoms with van der Waals surface area (Å²) in [5, 5.41) is 10.2. The Morgan fingerprint density at radius 2 is 1.86 bits per heavy atom. The van der Waals surface area contributed by atoms with Crippen molar-refractivity contribution in [3.05, 3.63) is 23.3 Å². The minimum absolute atomic E-state index is 0. The van der Waals surface area contributed by atoms with E-state index in [1.54, 1.807) is 6.07 Å². The van der Waals surface area contributed by atoms with Gasteiger partial charge in [-0.3, -0.25) is 0 Å². The van der Waals surface area contributed by atoms with Gasteiger partial charge in [0.1, 0.15) is 10.6 Å². The second-order valence-corrected chi connectivity index (χ2v) is 7.92. The molecule has 0 radical (unpaired) electrons. The van der Waals surface area contributed by atoms with E-state index in [-0.39, 0.29) is 35.0 Å². The second-order valence-electron chi connectivity index (χ2n) is 6.19. The van der Waals surface area contributed by atoms with E-state index in [0.717, 1.165) is 18.4 Å². The molecule has 0 bridgehead atoms. The number of aromatic hydroxyl groups is 1. The SMILES string of the molecule is CCCCNS(=O)(=O)c1cc(C(C)(C)C)cc(CN)c1O.Cl. The molecule has 0 spiro atoms. The van der Waals surface area contributed by atoms with Crippen LogP contribution in [0.25, 0.3) is 0 Å². The summed E-state index contributed by atoms with van der Waals surface area (Å²) in [5.41, 5.74) is 6.66. The predicted octanol–water partition coefficient (Wildman–Crippen LogP) is 2.65. The Balaban J connectivity index is 0.00000441. The minimum atomic E-state index is -3.73. The molecule has 0 amide bonds. The number of hydrogen-bond acceptors (Lipinski definition) is 4. The average molecular weight is 351 g/mol. The molecule has 0 saturated heterocycles. The molecule has 0 atom stereocenters. The zero-order chi connectivity index (χ0) is 16.3. The number of rotatable bonds is 6. The van der Waals surface area contributed by atoms with Crippen LogP contribution in [0.5, 0.6) is 5.75 Å². The summed E-state index contributed by atoms with van der Waals surface area (Å²) in [5.74, 6) is -0.255. The molecule has 0 heterocycles. The number of phenolic OH excluding ortho intramolecular Hbond substituents is 1. The Morgan fingerprint density at radius 1 is 1.27 bits per heavy atom. The fraction of sp³-hybridized carbons (Fsp3) is 0.600. The van der Waals surface area contributed by atoms with Gasteiger partial charge in [-0.2, -0.15) is 0 Å². The number of phenols is 1. The zero-order valence-electron chi connectivity index (χ0n) is 13.6. The van der Waals surface area contributed by atoms with Crippen LogP contribution in [0.2, 0.25) is 0 Å². The van der Waals surface area contributed by atoms with E-state index >= 15 is 0 Å². The highest BCUT2D eigenvalue weighted by atomic mass is 35.5. The molecule has 7 heteroatoms. The van der Waals surface area contributed by atoms with Crippen molar-refractivity contribution in [1.29, 1.82) is 0 Å². The summed E-state index contributed by atoms with van der Waals surface area (Å²) in [6.07, 6.45) is 1.65. The van der Waals surface area contributed by atoms with Crippen molar-refractivity contribution in [2.24, 2.45) is 5.73 Å². The van der Waals surface area contributed by atoms with Crippen LogP contribution in [0.4, 0.5) is 0 Å². The molecule has 4 N–H and O–H groups in total. The second kappa shape index (κ2) is 8.15. The van der Waals surface area contributed by atoms with Gasteiger partial charge in [0.05, 0.1) is 0 Å². The number of benzene rings is 1. The molecule has 5 nitrogen and oxygen atoms in total. The van der Waals surface area contributed by atoms with E-state index in [4.69, 9.17) is 5.73 Å². The predicted molar refractivity (Wildman–Crippen MR) is 92.0 cm³/mol. The Bertz CT molecular complexity index is 596. The maximum atomic E-state index is 12.4.